The Kier molecular flexibility index (Phi) is 6.81. The molecular formula is C22H16F4N4O3S2. The van der Waals surface area contributed by atoms with Crippen LogP contribution >= 0.6 is 11.8 Å². The lowest BCUT2D eigenvalue weighted by atomic mass is 10.2. The van der Waals surface area contributed by atoms with Crippen molar-refractivity contribution in [3.05, 3.63) is 84.2 Å². The standard InChI is InChI=1S/C22H16F4N4O3S2/c23-16-7-17(34-13-22(24,25)26)9-19(8-16)35(32,33)18-3-1-14(2-4-18)10-28-20(31)15-11-29-21-27-5-6-30(21)12-15/h1-9,11-12H,10,13H2,(H,28,31). The van der Waals surface area contributed by atoms with E-state index >= 15 is 0 Å². The smallest absolute Gasteiger partial charge is 0.348 e. The van der Waals surface area contributed by atoms with Crippen LogP contribution in [-0.4, -0.2) is 40.6 Å². The number of sulfone groups is 1. The molecule has 1 N–H and O–H groups in total. The normalized spacial score (nSPS) is 12.1. The first-order chi connectivity index (χ1) is 16.5. The van der Waals surface area contributed by atoms with E-state index < -0.39 is 38.4 Å². The molecule has 182 valence electrons. The molecule has 1 amide bonds. The Hall–Kier alpha value is -3.45. The van der Waals surface area contributed by atoms with Crippen molar-refractivity contribution in [3.63, 3.8) is 0 Å². The molecule has 0 bridgehead atoms. The summed E-state index contributed by atoms with van der Waals surface area (Å²) < 4.78 is 78.7. The Balaban J connectivity index is 1.45. The topological polar surface area (TPSA) is 93.4 Å². The van der Waals surface area contributed by atoms with Gasteiger partial charge in [0, 0.05) is 36.2 Å². The zero-order valence-electron chi connectivity index (χ0n) is 17.7. The number of amides is 1. The van der Waals surface area contributed by atoms with Gasteiger partial charge in [-0.05, 0) is 35.9 Å². The summed E-state index contributed by atoms with van der Waals surface area (Å²) in [7, 11) is -4.18. The SMILES string of the molecule is O=C(NCc1ccc(S(=O)(=O)c2cc(F)cc(SCC(F)(F)F)c2)cc1)c1cnc2nccn2c1. The Labute approximate surface area is 201 Å². The number of imidazole rings is 1. The van der Waals surface area contributed by atoms with Crippen molar-refractivity contribution in [1.82, 2.24) is 19.7 Å². The number of thioether (sulfide) groups is 1. The lowest BCUT2D eigenvalue weighted by Crippen LogP contribution is -2.23. The molecule has 0 saturated heterocycles. The van der Waals surface area contributed by atoms with Crippen LogP contribution in [0.15, 0.2) is 81.9 Å². The fourth-order valence-corrected chi connectivity index (χ4v) is 5.21. The van der Waals surface area contributed by atoms with Gasteiger partial charge in [0.05, 0.1) is 21.1 Å². The Morgan fingerprint density at radius 2 is 1.80 bits per heavy atom. The van der Waals surface area contributed by atoms with Crippen molar-refractivity contribution in [2.75, 3.05) is 5.75 Å². The zero-order chi connectivity index (χ0) is 25.2. The average Bonchev–Trinajstić information content (AvgIpc) is 3.29. The second-order valence-corrected chi connectivity index (χ2v) is 10.3. The molecule has 0 atom stereocenters. The van der Waals surface area contributed by atoms with Gasteiger partial charge in [-0.1, -0.05) is 12.1 Å². The zero-order valence-corrected chi connectivity index (χ0v) is 19.3. The molecule has 0 spiro atoms. The van der Waals surface area contributed by atoms with Crippen molar-refractivity contribution < 1.29 is 30.8 Å². The van der Waals surface area contributed by atoms with Crippen LogP contribution in [-0.2, 0) is 16.4 Å². The molecule has 2 aromatic heterocycles. The number of alkyl halides is 3. The van der Waals surface area contributed by atoms with Crippen LogP contribution in [0.3, 0.4) is 0 Å². The van der Waals surface area contributed by atoms with E-state index in [2.05, 4.69) is 15.3 Å². The van der Waals surface area contributed by atoms with Crippen LogP contribution in [0.25, 0.3) is 5.78 Å². The van der Waals surface area contributed by atoms with Crippen LogP contribution in [0, 0.1) is 5.82 Å². The van der Waals surface area contributed by atoms with E-state index in [1.807, 2.05) is 0 Å². The molecule has 0 radical (unpaired) electrons. The van der Waals surface area contributed by atoms with Crippen molar-refractivity contribution in [3.8, 4) is 0 Å². The van der Waals surface area contributed by atoms with Crippen molar-refractivity contribution in [2.45, 2.75) is 27.4 Å². The van der Waals surface area contributed by atoms with Crippen molar-refractivity contribution >= 4 is 33.3 Å². The first-order valence-electron chi connectivity index (χ1n) is 9.92. The Morgan fingerprint density at radius 1 is 1.06 bits per heavy atom. The number of fused-ring (bicyclic) bond motifs is 1. The summed E-state index contributed by atoms with van der Waals surface area (Å²) in [4.78, 5) is 19.7. The first kappa shape index (κ1) is 24.7. The fraction of sp³-hybridized carbons (Fsp3) is 0.136. The van der Waals surface area contributed by atoms with E-state index in [9.17, 15) is 30.8 Å². The molecule has 13 heteroatoms. The number of halogens is 4. The number of aromatic nitrogens is 3. The van der Waals surface area contributed by atoms with Crippen LogP contribution < -0.4 is 5.32 Å². The minimum Gasteiger partial charge on any atom is -0.348 e. The third kappa shape index (κ3) is 5.98. The largest absolute Gasteiger partial charge is 0.398 e. The number of rotatable bonds is 7. The van der Waals surface area contributed by atoms with Gasteiger partial charge in [0.15, 0.2) is 0 Å². The maximum atomic E-state index is 13.9. The molecule has 0 saturated carbocycles. The fourth-order valence-electron chi connectivity index (χ4n) is 3.08. The molecule has 7 nitrogen and oxygen atoms in total. The molecule has 2 aromatic carbocycles. The minimum atomic E-state index is -4.48. The summed E-state index contributed by atoms with van der Waals surface area (Å²) in [5, 5.41) is 2.70. The average molecular weight is 525 g/mol. The molecule has 0 unspecified atom stereocenters. The minimum absolute atomic E-state index is 0.0965. The maximum Gasteiger partial charge on any atom is 0.398 e. The molecule has 0 aliphatic heterocycles. The lowest BCUT2D eigenvalue weighted by molar-refractivity contribution is -0.105. The summed E-state index contributed by atoms with van der Waals surface area (Å²) in [6, 6.07) is 8.13. The Morgan fingerprint density at radius 3 is 2.51 bits per heavy atom. The monoisotopic (exact) mass is 524 g/mol. The summed E-state index contributed by atoms with van der Waals surface area (Å²) in [6.45, 7) is 0.0965. The van der Waals surface area contributed by atoms with Gasteiger partial charge >= 0.3 is 6.18 Å². The number of carbonyl (C=O) groups is 1. The van der Waals surface area contributed by atoms with Crippen molar-refractivity contribution in [2.24, 2.45) is 0 Å². The van der Waals surface area contributed by atoms with Crippen LogP contribution in [0.2, 0.25) is 0 Å². The highest BCUT2D eigenvalue weighted by atomic mass is 32.2. The van der Waals surface area contributed by atoms with E-state index in [1.165, 1.54) is 30.5 Å². The second kappa shape index (κ2) is 9.66. The predicted octanol–water partition coefficient (Wildman–Crippen LogP) is 4.29. The summed E-state index contributed by atoms with van der Waals surface area (Å²) >= 11 is 0.299. The first-order valence-corrected chi connectivity index (χ1v) is 12.4. The quantitative estimate of drug-likeness (QED) is 0.287. The molecule has 4 rings (SSSR count). The molecule has 0 aliphatic carbocycles. The number of benzene rings is 2. The van der Waals surface area contributed by atoms with Crippen LogP contribution in [0.4, 0.5) is 17.6 Å². The predicted molar refractivity (Wildman–Crippen MR) is 119 cm³/mol. The number of nitrogens with zero attached hydrogens (tertiary/aromatic N) is 3. The molecule has 2 heterocycles. The highest BCUT2D eigenvalue weighted by molar-refractivity contribution is 7.99. The highest BCUT2D eigenvalue weighted by Gasteiger charge is 2.28. The molecule has 4 aromatic rings. The highest BCUT2D eigenvalue weighted by Crippen LogP contribution is 2.31. The molecule has 35 heavy (non-hydrogen) atoms. The molecular weight excluding hydrogens is 508 g/mol. The van der Waals surface area contributed by atoms with Gasteiger partial charge in [-0.3, -0.25) is 9.20 Å². The van der Waals surface area contributed by atoms with Gasteiger partial charge in [-0.15, -0.1) is 11.8 Å². The van der Waals surface area contributed by atoms with Crippen molar-refractivity contribution in [1.29, 1.82) is 0 Å². The van der Waals surface area contributed by atoms with E-state index in [4.69, 9.17) is 0 Å². The van der Waals surface area contributed by atoms with E-state index in [1.54, 1.807) is 23.0 Å². The van der Waals surface area contributed by atoms with Crippen LogP contribution in [0.1, 0.15) is 15.9 Å². The third-order valence-corrected chi connectivity index (χ3v) is 7.54. The number of nitrogens with one attached hydrogen (secondary N) is 1. The van der Waals surface area contributed by atoms with Gasteiger partial charge < -0.3 is 5.32 Å². The lowest BCUT2D eigenvalue weighted by Gasteiger charge is -2.10. The van der Waals surface area contributed by atoms with E-state index in [0.29, 0.717) is 28.7 Å². The van der Waals surface area contributed by atoms with Gasteiger partial charge in [0.1, 0.15) is 5.82 Å². The van der Waals surface area contributed by atoms with E-state index in [0.717, 1.165) is 18.2 Å². The third-order valence-electron chi connectivity index (χ3n) is 4.75. The number of carbonyl (C=O) groups excluding carboxylic acids is 1. The second-order valence-electron chi connectivity index (χ2n) is 7.33. The Bertz CT molecular complexity index is 1490. The van der Waals surface area contributed by atoms with Gasteiger partial charge in [-0.2, -0.15) is 13.2 Å². The summed E-state index contributed by atoms with van der Waals surface area (Å²) in [6.07, 6.45) is 1.67. The summed E-state index contributed by atoms with van der Waals surface area (Å²) in [5.74, 6) is -2.18. The van der Waals surface area contributed by atoms with Gasteiger partial charge in [0.2, 0.25) is 15.6 Å². The van der Waals surface area contributed by atoms with Gasteiger partial charge in [-0.25, -0.2) is 22.8 Å². The molecule has 0 aliphatic rings. The maximum absolute atomic E-state index is 13.9. The molecule has 0 fully saturated rings. The van der Waals surface area contributed by atoms with Gasteiger partial charge in [0.25, 0.3) is 5.91 Å². The van der Waals surface area contributed by atoms with E-state index in [-0.39, 0.29) is 16.3 Å². The summed E-state index contributed by atoms with van der Waals surface area (Å²) in [5.41, 5.74) is 0.898. The number of hydrogen-bond donors (Lipinski definition) is 1. The number of hydrogen-bond acceptors (Lipinski definition) is 6. The van der Waals surface area contributed by atoms with Crippen LogP contribution in [0.5, 0.6) is 0 Å².